The third kappa shape index (κ3) is 4.18. The standard InChI is InChI=1S/C16H17IN2O2/c1-2-15(16(20)19-18)21-14-9-5-12(6-10-14)11-3-7-13(17)8-4-11/h3-10,15H,2,18H2,1H3,(H,19,20). The predicted molar refractivity (Wildman–Crippen MR) is 91.6 cm³/mol. The number of hydrogen-bond donors (Lipinski definition) is 2. The van der Waals surface area contributed by atoms with E-state index < -0.39 is 6.10 Å². The Hall–Kier alpha value is -1.60. The molecule has 0 radical (unpaired) electrons. The van der Waals surface area contributed by atoms with Gasteiger partial charge in [-0.05, 0) is 64.4 Å². The fourth-order valence-electron chi connectivity index (χ4n) is 1.95. The molecule has 3 N–H and O–H groups in total. The van der Waals surface area contributed by atoms with Crippen LogP contribution in [0.25, 0.3) is 11.1 Å². The number of benzene rings is 2. The van der Waals surface area contributed by atoms with E-state index in [2.05, 4.69) is 52.3 Å². The fraction of sp³-hybridized carbons (Fsp3) is 0.188. The molecule has 21 heavy (non-hydrogen) atoms. The Morgan fingerprint density at radius 1 is 1.14 bits per heavy atom. The number of hydrogen-bond acceptors (Lipinski definition) is 3. The summed E-state index contributed by atoms with van der Waals surface area (Å²) in [6, 6.07) is 16.0. The Morgan fingerprint density at radius 2 is 1.67 bits per heavy atom. The highest BCUT2D eigenvalue weighted by Crippen LogP contribution is 2.24. The second kappa shape index (κ2) is 7.42. The molecule has 0 aliphatic rings. The predicted octanol–water partition coefficient (Wildman–Crippen LogP) is 3.11. The van der Waals surface area contributed by atoms with Crippen molar-refractivity contribution in [3.63, 3.8) is 0 Å². The molecule has 0 heterocycles. The summed E-state index contributed by atoms with van der Waals surface area (Å²) in [5.74, 6) is 5.47. The van der Waals surface area contributed by atoms with Gasteiger partial charge in [0.05, 0.1) is 0 Å². The number of hydrazine groups is 1. The Morgan fingerprint density at radius 3 is 2.14 bits per heavy atom. The SMILES string of the molecule is CCC(Oc1ccc(-c2ccc(I)cc2)cc1)C(=O)NN. The summed E-state index contributed by atoms with van der Waals surface area (Å²) in [7, 11) is 0. The van der Waals surface area contributed by atoms with Gasteiger partial charge in [0.25, 0.3) is 5.91 Å². The molecule has 0 aliphatic carbocycles. The van der Waals surface area contributed by atoms with E-state index in [1.165, 1.54) is 3.57 Å². The molecule has 0 aromatic heterocycles. The van der Waals surface area contributed by atoms with Crippen LogP contribution in [0.1, 0.15) is 13.3 Å². The summed E-state index contributed by atoms with van der Waals surface area (Å²) in [5.41, 5.74) is 4.37. The van der Waals surface area contributed by atoms with Crippen LogP contribution < -0.4 is 16.0 Å². The Labute approximate surface area is 137 Å². The molecule has 110 valence electrons. The van der Waals surface area contributed by atoms with Gasteiger partial charge in [0.15, 0.2) is 6.10 Å². The highest BCUT2D eigenvalue weighted by atomic mass is 127. The van der Waals surface area contributed by atoms with Crippen LogP contribution in [0.15, 0.2) is 48.5 Å². The van der Waals surface area contributed by atoms with E-state index in [1.807, 2.05) is 31.2 Å². The number of halogens is 1. The zero-order chi connectivity index (χ0) is 15.2. The molecular weight excluding hydrogens is 379 g/mol. The Bertz CT molecular complexity index is 597. The van der Waals surface area contributed by atoms with E-state index in [-0.39, 0.29) is 5.91 Å². The van der Waals surface area contributed by atoms with E-state index in [0.717, 1.165) is 11.1 Å². The molecule has 0 aliphatic heterocycles. The van der Waals surface area contributed by atoms with E-state index >= 15 is 0 Å². The molecule has 0 spiro atoms. The molecule has 0 saturated carbocycles. The summed E-state index contributed by atoms with van der Waals surface area (Å²) in [4.78, 5) is 11.5. The van der Waals surface area contributed by atoms with E-state index in [1.54, 1.807) is 0 Å². The van der Waals surface area contributed by atoms with Crippen LogP contribution in [0.3, 0.4) is 0 Å². The molecular formula is C16H17IN2O2. The largest absolute Gasteiger partial charge is 0.481 e. The lowest BCUT2D eigenvalue weighted by Gasteiger charge is -2.16. The van der Waals surface area contributed by atoms with Crippen molar-refractivity contribution in [2.45, 2.75) is 19.4 Å². The summed E-state index contributed by atoms with van der Waals surface area (Å²) in [5, 5.41) is 0. The maximum atomic E-state index is 11.5. The van der Waals surface area contributed by atoms with Crippen molar-refractivity contribution in [2.75, 3.05) is 0 Å². The van der Waals surface area contributed by atoms with Crippen molar-refractivity contribution in [3.8, 4) is 16.9 Å². The molecule has 2 aromatic rings. The van der Waals surface area contributed by atoms with Gasteiger partial charge in [-0.25, -0.2) is 5.84 Å². The third-order valence-corrected chi connectivity index (χ3v) is 3.83. The van der Waals surface area contributed by atoms with Gasteiger partial charge in [-0.2, -0.15) is 0 Å². The van der Waals surface area contributed by atoms with Gasteiger partial charge in [-0.3, -0.25) is 10.2 Å². The van der Waals surface area contributed by atoms with E-state index in [4.69, 9.17) is 10.6 Å². The van der Waals surface area contributed by atoms with Crippen LogP contribution in [0, 0.1) is 3.57 Å². The maximum Gasteiger partial charge on any atom is 0.274 e. The van der Waals surface area contributed by atoms with Crippen LogP contribution in [0.2, 0.25) is 0 Å². The first-order valence-electron chi connectivity index (χ1n) is 6.67. The summed E-state index contributed by atoms with van der Waals surface area (Å²) < 4.78 is 6.84. The topological polar surface area (TPSA) is 64.3 Å². The first-order valence-corrected chi connectivity index (χ1v) is 7.75. The number of rotatable bonds is 5. The number of carbonyl (C=O) groups excluding carboxylic acids is 1. The van der Waals surface area contributed by atoms with Gasteiger partial charge in [0, 0.05) is 3.57 Å². The van der Waals surface area contributed by atoms with Crippen LogP contribution in [-0.2, 0) is 4.79 Å². The van der Waals surface area contributed by atoms with Gasteiger partial charge < -0.3 is 4.74 Å². The first kappa shape index (κ1) is 15.8. The molecule has 1 atom stereocenters. The number of carbonyl (C=O) groups is 1. The van der Waals surface area contributed by atoms with Gasteiger partial charge in [-0.1, -0.05) is 31.2 Å². The van der Waals surface area contributed by atoms with Crippen molar-refractivity contribution in [1.29, 1.82) is 0 Å². The normalized spacial score (nSPS) is 11.8. The first-order chi connectivity index (χ1) is 10.1. The molecule has 2 aromatic carbocycles. The lowest BCUT2D eigenvalue weighted by atomic mass is 10.1. The van der Waals surface area contributed by atoms with E-state index in [9.17, 15) is 4.79 Å². The van der Waals surface area contributed by atoms with Crippen LogP contribution >= 0.6 is 22.6 Å². The lowest BCUT2D eigenvalue weighted by molar-refractivity contribution is -0.128. The highest BCUT2D eigenvalue weighted by molar-refractivity contribution is 14.1. The molecule has 2 rings (SSSR count). The van der Waals surface area contributed by atoms with Crippen LogP contribution in [0.4, 0.5) is 0 Å². The van der Waals surface area contributed by atoms with Crippen molar-refractivity contribution >= 4 is 28.5 Å². The highest BCUT2D eigenvalue weighted by Gasteiger charge is 2.16. The number of nitrogens with one attached hydrogen (secondary N) is 1. The average Bonchev–Trinajstić information content (AvgIpc) is 2.53. The van der Waals surface area contributed by atoms with E-state index in [0.29, 0.717) is 12.2 Å². The zero-order valence-electron chi connectivity index (χ0n) is 11.7. The zero-order valence-corrected chi connectivity index (χ0v) is 13.8. The number of amides is 1. The van der Waals surface area contributed by atoms with Crippen molar-refractivity contribution in [1.82, 2.24) is 5.43 Å². The molecule has 0 bridgehead atoms. The average molecular weight is 396 g/mol. The second-order valence-electron chi connectivity index (χ2n) is 4.55. The van der Waals surface area contributed by atoms with Gasteiger partial charge in [0.1, 0.15) is 5.75 Å². The molecule has 0 saturated heterocycles. The quantitative estimate of drug-likeness (QED) is 0.353. The minimum atomic E-state index is -0.570. The maximum absolute atomic E-state index is 11.5. The fourth-order valence-corrected chi connectivity index (χ4v) is 2.31. The van der Waals surface area contributed by atoms with Crippen molar-refractivity contribution < 1.29 is 9.53 Å². The molecule has 5 heteroatoms. The van der Waals surface area contributed by atoms with Gasteiger partial charge in [0.2, 0.25) is 0 Å². The van der Waals surface area contributed by atoms with Gasteiger partial charge in [-0.15, -0.1) is 0 Å². The minimum Gasteiger partial charge on any atom is -0.481 e. The smallest absolute Gasteiger partial charge is 0.274 e. The molecule has 4 nitrogen and oxygen atoms in total. The van der Waals surface area contributed by atoms with Crippen molar-refractivity contribution in [2.24, 2.45) is 5.84 Å². The summed E-state index contributed by atoms with van der Waals surface area (Å²) >= 11 is 2.28. The van der Waals surface area contributed by atoms with Crippen molar-refractivity contribution in [3.05, 3.63) is 52.1 Å². The molecule has 1 amide bonds. The van der Waals surface area contributed by atoms with Gasteiger partial charge >= 0.3 is 0 Å². The monoisotopic (exact) mass is 396 g/mol. The van der Waals surface area contributed by atoms with Crippen LogP contribution in [-0.4, -0.2) is 12.0 Å². The van der Waals surface area contributed by atoms with Crippen LogP contribution in [0.5, 0.6) is 5.75 Å². The molecule has 0 fully saturated rings. The Kier molecular flexibility index (Phi) is 5.58. The third-order valence-electron chi connectivity index (χ3n) is 3.12. The summed E-state index contributed by atoms with van der Waals surface area (Å²) in [6.07, 6.45) is -0.0128. The minimum absolute atomic E-state index is 0.320. The Balaban J connectivity index is 2.11. The molecule has 1 unspecified atom stereocenters. The summed E-state index contributed by atoms with van der Waals surface area (Å²) in [6.45, 7) is 1.87. The number of nitrogens with two attached hydrogens (primary N) is 1. The lowest BCUT2D eigenvalue weighted by Crippen LogP contribution is -2.41. The second-order valence-corrected chi connectivity index (χ2v) is 5.80. The number of ether oxygens (including phenoxy) is 1.